The summed E-state index contributed by atoms with van der Waals surface area (Å²) in [5, 5.41) is 0. The van der Waals surface area contributed by atoms with Gasteiger partial charge in [0.05, 0.1) is 7.11 Å². The van der Waals surface area contributed by atoms with Crippen LogP contribution in [0.4, 0.5) is 5.69 Å². The van der Waals surface area contributed by atoms with Crippen molar-refractivity contribution in [2.45, 2.75) is 23.5 Å². The van der Waals surface area contributed by atoms with E-state index in [2.05, 4.69) is 4.72 Å². The highest BCUT2D eigenvalue weighted by Gasteiger charge is 2.24. The highest BCUT2D eigenvalue weighted by atomic mass is 32.2. The molecule has 0 radical (unpaired) electrons. The Morgan fingerprint density at radius 3 is 2.58 bits per heavy atom. The summed E-state index contributed by atoms with van der Waals surface area (Å²) in [5.41, 5.74) is 6.02. The first kappa shape index (κ1) is 16.1. The normalized spacial score (nSPS) is 12.4. The molecule has 0 saturated carbocycles. The highest BCUT2D eigenvalue weighted by Crippen LogP contribution is 2.27. The van der Waals surface area contributed by atoms with Gasteiger partial charge in [0.25, 0.3) is 0 Å². The fraction of sp³-hybridized carbons (Fsp3) is 0.500. The summed E-state index contributed by atoms with van der Waals surface area (Å²) in [4.78, 5) is 0.0619. The summed E-state index contributed by atoms with van der Waals surface area (Å²) in [6.07, 6.45) is 1.94. The number of hydrogen-bond donors (Lipinski definition) is 2. The summed E-state index contributed by atoms with van der Waals surface area (Å²) in [5.74, 6) is 0.281. The molecule has 108 valence electrons. The van der Waals surface area contributed by atoms with Crippen LogP contribution in [0, 0.1) is 0 Å². The van der Waals surface area contributed by atoms with Crippen molar-refractivity contribution in [2.75, 3.05) is 25.6 Å². The molecule has 1 rings (SSSR count). The average molecular weight is 304 g/mol. The lowest BCUT2D eigenvalue weighted by Crippen LogP contribution is -2.36. The summed E-state index contributed by atoms with van der Waals surface area (Å²) >= 11 is 1.59. The van der Waals surface area contributed by atoms with Crippen LogP contribution < -0.4 is 15.2 Å². The zero-order valence-corrected chi connectivity index (χ0v) is 13.2. The Balaban J connectivity index is 3.04. The van der Waals surface area contributed by atoms with E-state index in [4.69, 9.17) is 10.5 Å². The van der Waals surface area contributed by atoms with Crippen molar-refractivity contribution in [3.05, 3.63) is 18.2 Å². The predicted molar refractivity (Wildman–Crippen MR) is 80.2 cm³/mol. The van der Waals surface area contributed by atoms with E-state index in [0.717, 1.165) is 0 Å². The molecule has 0 aliphatic rings. The Bertz CT molecular complexity index is 542. The van der Waals surface area contributed by atoms with Gasteiger partial charge in [0, 0.05) is 17.0 Å². The van der Waals surface area contributed by atoms with Crippen LogP contribution in [0.1, 0.15) is 13.8 Å². The van der Waals surface area contributed by atoms with E-state index < -0.39 is 10.0 Å². The molecule has 0 bridgehead atoms. The molecule has 0 saturated heterocycles. The minimum atomic E-state index is -3.64. The molecule has 0 heterocycles. The van der Waals surface area contributed by atoms with Crippen molar-refractivity contribution in [3.63, 3.8) is 0 Å². The van der Waals surface area contributed by atoms with Crippen molar-refractivity contribution < 1.29 is 13.2 Å². The lowest BCUT2D eigenvalue weighted by atomic mass is 10.2. The number of hydrogen-bond acceptors (Lipinski definition) is 5. The van der Waals surface area contributed by atoms with Gasteiger partial charge in [-0.2, -0.15) is 11.8 Å². The summed E-state index contributed by atoms with van der Waals surface area (Å²) in [6.45, 7) is 4.27. The van der Waals surface area contributed by atoms with Gasteiger partial charge in [0.1, 0.15) is 10.6 Å². The molecule has 1 aromatic rings. The van der Waals surface area contributed by atoms with E-state index in [0.29, 0.717) is 12.2 Å². The van der Waals surface area contributed by atoms with Crippen molar-refractivity contribution in [3.8, 4) is 5.75 Å². The van der Waals surface area contributed by atoms with E-state index in [1.54, 1.807) is 23.9 Å². The van der Waals surface area contributed by atoms with Crippen LogP contribution in [-0.2, 0) is 10.0 Å². The third kappa shape index (κ3) is 4.29. The van der Waals surface area contributed by atoms with Crippen LogP contribution in [0.3, 0.4) is 0 Å². The van der Waals surface area contributed by atoms with E-state index in [-0.39, 0.29) is 15.4 Å². The number of nitrogen functional groups attached to an aromatic ring is 1. The van der Waals surface area contributed by atoms with Crippen molar-refractivity contribution in [1.82, 2.24) is 4.72 Å². The van der Waals surface area contributed by atoms with Crippen molar-refractivity contribution >= 4 is 27.5 Å². The number of nitrogens with two attached hydrogens (primary N) is 1. The largest absolute Gasteiger partial charge is 0.495 e. The first-order chi connectivity index (χ1) is 8.72. The minimum Gasteiger partial charge on any atom is -0.495 e. The third-order valence-corrected chi connectivity index (χ3v) is 5.39. The Labute approximate surface area is 119 Å². The van der Waals surface area contributed by atoms with Crippen molar-refractivity contribution in [2.24, 2.45) is 0 Å². The number of nitrogens with one attached hydrogen (secondary N) is 1. The molecule has 0 aliphatic carbocycles. The second-order valence-corrected chi connectivity index (χ2v) is 7.95. The summed E-state index contributed by atoms with van der Waals surface area (Å²) < 4.78 is 32.0. The first-order valence-electron chi connectivity index (χ1n) is 5.70. The average Bonchev–Trinajstić information content (AvgIpc) is 2.37. The Hall–Kier alpha value is -0.920. The molecule has 0 fully saturated rings. The van der Waals surface area contributed by atoms with Crippen LogP contribution in [0.5, 0.6) is 5.75 Å². The second-order valence-electron chi connectivity index (χ2n) is 4.70. The molecular weight excluding hydrogens is 284 g/mol. The SMILES string of the molecule is COc1ccc(N)cc1S(=O)(=O)NCC(C)(C)SC. The van der Waals surface area contributed by atoms with Crippen LogP contribution in [0.15, 0.2) is 23.1 Å². The fourth-order valence-corrected chi connectivity index (χ4v) is 3.04. The summed E-state index contributed by atoms with van der Waals surface area (Å²) in [6, 6.07) is 4.54. The van der Waals surface area contributed by atoms with Gasteiger partial charge in [0.2, 0.25) is 10.0 Å². The number of thioether (sulfide) groups is 1. The molecule has 5 nitrogen and oxygen atoms in total. The standard InChI is InChI=1S/C12H20N2O3S2/c1-12(2,18-4)8-14-19(15,16)11-7-9(13)5-6-10(11)17-3/h5-7,14H,8,13H2,1-4H3. The fourth-order valence-electron chi connectivity index (χ4n) is 1.32. The van der Waals surface area contributed by atoms with Crippen molar-refractivity contribution in [1.29, 1.82) is 0 Å². The molecule has 0 aliphatic heterocycles. The molecule has 7 heteroatoms. The number of methoxy groups -OCH3 is 1. The van der Waals surface area contributed by atoms with Gasteiger partial charge in [-0.1, -0.05) is 0 Å². The monoisotopic (exact) mass is 304 g/mol. The van der Waals surface area contributed by atoms with Gasteiger partial charge < -0.3 is 10.5 Å². The van der Waals surface area contributed by atoms with Crippen LogP contribution in [0.2, 0.25) is 0 Å². The molecule has 3 N–H and O–H groups in total. The zero-order valence-electron chi connectivity index (χ0n) is 11.6. The number of ether oxygens (including phenoxy) is 1. The first-order valence-corrected chi connectivity index (χ1v) is 8.41. The van der Waals surface area contributed by atoms with E-state index in [1.165, 1.54) is 13.2 Å². The minimum absolute atomic E-state index is 0.0619. The smallest absolute Gasteiger partial charge is 0.244 e. The van der Waals surface area contributed by atoms with Crippen LogP contribution in [0.25, 0.3) is 0 Å². The lowest BCUT2D eigenvalue weighted by molar-refractivity contribution is 0.402. The molecule has 0 spiro atoms. The Kier molecular flexibility index (Phi) is 5.11. The molecule has 0 amide bonds. The number of benzene rings is 1. The predicted octanol–water partition coefficient (Wildman–Crippen LogP) is 1.70. The maximum absolute atomic E-state index is 12.3. The zero-order chi connectivity index (χ0) is 14.7. The van der Waals surface area contributed by atoms with Gasteiger partial charge in [-0.25, -0.2) is 13.1 Å². The van der Waals surface area contributed by atoms with Crippen LogP contribution in [-0.4, -0.2) is 33.1 Å². The van der Waals surface area contributed by atoms with E-state index >= 15 is 0 Å². The van der Waals surface area contributed by atoms with Gasteiger partial charge >= 0.3 is 0 Å². The molecule has 0 atom stereocenters. The molecule has 19 heavy (non-hydrogen) atoms. The number of sulfonamides is 1. The quantitative estimate of drug-likeness (QED) is 0.782. The van der Waals surface area contributed by atoms with Crippen LogP contribution >= 0.6 is 11.8 Å². The maximum Gasteiger partial charge on any atom is 0.244 e. The molecule has 0 unspecified atom stereocenters. The molecule has 1 aromatic carbocycles. The maximum atomic E-state index is 12.3. The van der Waals surface area contributed by atoms with Gasteiger partial charge in [0.15, 0.2) is 0 Å². The second kappa shape index (κ2) is 6.02. The van der Waals surface area contributed by atoms with E-state index in [1.807, 2.05) is 20.1 Å². The van der Waals surface area contributed by atoms with E-state index in [9.17, 15) is 8.42 Å². The van der Waals surface area contributed by atoms with Gasteiger partial charge in [-0.05, 0) is 38.3 Å². The summed E-state index contributed by atoms with van der Waals surface area (Å²) in [7, 11) is -2.21. The van der Waals surface area contributed by atoms with Gasteiger partial charge in [-0.3, -0.25) is 0 Å². The Morgan fingerprint density at radius 1 is 1.42 bits per heavy atom. The number of rotatable bonds is 6. The molecular formula is C12H20N2O3S2. The number of anilines is 1. The topological polar surface area (TPSA) is 81.4 Å². The third-order valence-electron chi connectivity index (χ3n) is 2.72. The highest BCUT2D eigenvalue weighted by molar-refractivity contribution is 8.00. The Morgan fingerprint density at radius 2 is 2.05 bits per heavy atom. The lowest BCUT2D eigenvalue weighted by Gasteiger charge is -2.22. The molecule has 0 aromatic heterocycles. The van der Waals surface area contributed by atoms with Gasteiger partial charge in [-0.15, -0.1) is 0 Å².